The molecular weight excluding hydrogens is 434 g/mol. The maximum atomic E-state index is 13.0. The normalized spacial score (nSPS) is 12.3. The van der Waals surface area contributed by atoms with Crippen LogP contribution in [0.25, 0.3) is 23.1 Å². The van der Waals surface area contributed by atoms with E-state index in [1.807, 2.05) is 72.8 Å². The molecule has 35 heavy (non-hydrogen) atoms. The van der Waals surface area contributed by atoms with Gasteiger partial charge in [-0.1, -0.05) is 44.9 Å². The molecule has 4 rings (SSSR count). The van der Waals surface area contributed by atoms with E-state index >= 15 is 0 Å². The minimum Gasteiger partial charge on any atom is -0.355 e. The minimum atomic E-state index is -0.0605. The van der Waals surface area contributed by atoms with Gasteiger partial charge in [-0.25, -0.2) is 0 Å². The number of para-hydroxylation sites is 1. The summed E-state index contributed by atoms with van der Waals surface area (Å²) in [6.45, 7) is 6.53. The van der Waals surface area contributed by atoms with Gasteiger partial charge in [-0.05, 0) is 73.9 Å². The molecule has 0 radical (unpaired) electrons. The van der Waals surface area contributed by atoms with Crippen molar-refractivity contribution in [1.29, 1.82) is 0 Å². The Hall–Kier alpha value is -3.93. The van der Waals surface area contributed by atoms with Crippen LogP contribution in [-0.2, 0) is 0 Å². The lowest BCUT2D eigenvalue weighted by Crippen LogP contribution is -2.32. The van der Waals surface area contributed by atoms with Crippen molar-refractivity contribution in [3.05, 3.63) is 83.8 Å². The van der Waals surface area contributed by atoms with E-state index in [1.165, 1.54) is 6.42 Å². The van der Waals surface area contributed by atoms with Crippen molar-refractivity contribution < 1.29 is 4.79 Å². The predicted octanol–water partition coefficient (Wildman–Crippen LogP) is 6.82. The summed E-state index contributed by atoms with van der Waals surface area (Å²) < 4.78 is 0. The van der Waals surface area contributed by atoms with Crippen molar-refractivity contribution in [2.24, 2.45) is 5.92 Å². The zero-order valence-corrected chi connectivity index (χ0v) is 20.6. The van der Waals surface area contributed by atoms with Gasteiger partial charge in [-0.3, -0.25) is 14.9 Å². The first-order valence-electron chi connectivity index (χ1n) is 12.2. The number of nitrogens with one attached hydrogen (secondary N) is 3. The average Bonchev–Trinajstić information content (AvgIpc) is 3.25. The summed E-state index contributed by atoms with van der Waals surface area (Å²) in [6, 6.07) is 19.6. The van der Waals surface area contributed by atoms with E-state index in [4.69, 9.17) is 0 Å². The SMILES string of the molecule is CC(C)CCCC(C)NC(=O)c1ccccc1Nc1ccc2c(/C=C/c3ccccn3)n[nH]c2c1. The number of hydrogen-bond acceptors (Lipinski definition) is 4. The van der Waals surface area contributed by atoms with Crippen molar-refractivity contribution in [3.63, 3.8) is 0 Å². The molecule has 2 aromatic carbocycles. The third-order valence-electron chi connectivity index (χ3n) is 5.94. The monoisotopic (exact) mass is 467 g/mol. The third-order valence-corrected chi connectivity index (χ3v) is 5.94. The zero-order chi connectivity index (χ0) is 24.6. The first-order chi connectivity index (χ1) is 17.0. The quantitative estimate of drug-likeness (QED) is 0.239. The molecule has 0 saturated heterocycles. The van der Waals surface area contributed by atoms with Crippen molar-refractivity contribution in [3.8, 4) is 0 Å². The highest BCUT2D eigenvalue weighted by atomic mass is 16.1. The first kappa shape index (κ1) is 24.2. The molecule has 0 bridgehead atoms. The molecule has 6 heteroatoms. The van der Waals surface area contributed by atoms with Crippen molar-refractivity contribution in [1.82, 2.24) is 20.5 Å². The number of carbonyl (C=O) groups is 1. The Kier molecular flexibility index (Phi) is 7.93. The fraction of sp³-hybridized carbons (Fsp3) is 0.276. The minimum absolute atomic E-state index is 0.0605. The van der Waals surface area contributed by atoms with Crippen molar-refractivity contribution in [2.45, 2.75) is 46.1 Å². The van der Waals surface area contributed by atoms with Gasteiger partial charge in [0.1, 0.15) is 0 Å². The molecule has 1 atom stereocenters. The van der Waals surface area contributed by atoms with Crippen LogP contribution in [0.15, 0.2) is 66.9 Å². The molecule has 0 saturated carbocycles. The van der Waals surface area contributed by atoms with E-state index in [0.29, 0.717) is 11.5 Å². The number of pyridine rings is 1. The molecule has 1 amide bonds. The number of benzene rings is 2. The largest absolute Gasteiger partial charge is 0.355 e. The molecule has 4 aromatic rings. The number of carbonyl (C=O) groups excluding carboxylic acids is 1. The third kappa shape index (κ3) is 6.57. The van der Waals surface area contributed by atoms with Crippen LogP contribution in [0.2, 0.25) is 0 Å². The standard InChI is InChI=1S/C29H33N5O/c1-20(2)9-8-10-21(3)31-29(35)25-12-4-5-13-26(25)32-23-14-16-24-27(33-34-28(24)19-23)17-15-22-11-6-7-18-30-22/h4-7,11-21,32H,8-10H2,1-3H3,(H,31,35)(H,33,34)/b17-15+. The molecule has 3 N–H and O–H groups in total. The first-order valence-corrected chi connectivity index (χ1v) is 12.2. The van der Waals surface area contributed by atoms with E-state index in [9.17, 15) is 4.79 Å². The highest BCUT2D eigenvalue weighted by molar-refractivity contribution is 6.01. The molecule has 0 fully saturated rings. The number of H-pyrrole nitrogens is 1. The summed E-state index contributed by atoms with van der Waals surface area (Å²) in [6.07, 6.45) is 8.94. The van der Waals surface area contributed by atoms with Gasteiger partial charge < -0.3 is 10.6 Å². The highest BCUT2D eigenvalue weighted by Crippen LogP contribution is 2.26. The summed E-state index contributed by atoms with van der Waals surface area (Å²) in [5.74, 6) is 0.623. The van der Waals surface area contributed by atoms with Gasteiger partial charge in [-0.15, -0.1) is 0 Å². The maximum Gasteiger partial charge on any atom is 0.253 e. The van der Waals surface area contributed by atoms with Crippen LogP contribution in [0.3, 0.4) is 0 Å². The highest BCUT2D eigenvalue weighted by Gasteiger charge is 2.14. The van der Waals surface area contributed by atoms with Gasteiger partial charge in [-0.2, -0.15) is 5.10 Å². The molecule has 6 nitrogen and oxygen atoms in total. The van der Waals surface area contributed by atoms with Gasteiger partial charge in [0, 0.05) is 23.3 Å². The summed E-state index contributed by atoms with van der Waals surface area (Å²) in [4.78, 5) is 17.3. The lowest BCUT2D eigenvalue weighted by atomic mass is 10.0. The number of rotatable bonds is 10. The lowest BCUT2D eigenvalue weighted by Gasteiger charge is -2.17. The van der Waals surface area contributed by atoms with Gasteiger partial charge >= 0.3 is 0 Å². The number of anilines is 2. The van der Waals surface area contributed by atoms with E-state index in [0.717, 1.165) is 46.5 Å². The average molecular weight is 468 g/mol. The second-order valence-electron chi connectivity index (χ2n) is 9.33. The number of fused-ring (bicyclic) bond motifs is 1. The Morgan fingerprint density at radius 2 is 1.83 bits per heavy atom. The van der Waals surface area contributed by atoms with Crippen LogP contribution in [0.5, 0.6) is 0 Å². The fourth-order valence-corrected chi connectivity index (χ4v) is 4.04. The Morgan fingerprint density at radius 1 is 1.00 bits per heavy atom. The van der Waals surface area contributed by atoms with Crippen molar-refractivity contribution >= 4 is 40.3 Å². The van der Waals surface area contributed by atoms with Gasteiger partial charge in [0.2, 0.25) is 0 Å². The number of aromatic amines is 1. The van der Waals surface area contributed by atoms with E-state index in [-0.39, 0.29) is 11.9 Å². The van der Waals surface area contributed by atoms with Gasteiger partial charge in [0.25, 0.3) is 5.91 Å². The summed E-state index contributed by atoms with van der Waals surface area (Å²) in [7, 11) is 0. The molecule has 1 unspecified atom stereocenters. The summed E-state index contributed by atoms with van der Waals surface area (Å²) in [5, 5.41) is 15.1. The van der Waals surface area contributed by atoms with E-state index in [2.05, 4.69) is 46.6 Å². The van der Waals surface area contributed by atoms with E-state index < -0.39 is 0 Å². The predicted molar refractivity (Wildman–Crippen MR) is 145 cm³/mol. The smallest absolute Gasteiger partial charge is 0.253 e. The number of amides is 1. The molecule has 0 aliphatic rings. The Morgan fingerprint density at radius 3 is 2.63 bits per heavy atom. The topological polar surface area (TPSA) is 82.7 Å². The summed E-state index contributed by atoms with van der Waals surface area (Å²) >= 11 is 0. The summed E-state index contributed by atoms with van der Waals surface area (Å²) in [5.41, 5.74) is 4.93. The molecule has 2 heterocycles. The molecule has 180 valence electrons. The second-order valence-corrected chi connectivity index (χ2v) is 9.33. The Labute approximate surface area is 206 Å². The van der Waals surface area contributed by atoms with Crippen LogP contribution >= 0.6 is 0 Å². The van der Waals surface area contributed by atoms with Gasteiger partial charge in [0.15, 0.2) is 0 Å². The van der Waals surface area contributed by atoms with Gasteiger partial charge in [0.05, 0.1) is 28.2 Å². The lowest BCUT2D eigenvalue weighted by molar-refractivity contribution is 0.0938. The van der Waals surface area contributed by atoms with E-state index in [1.54, 1.807) is 6.20 Å². The second kappa shape index (κ2) is 11.5. The van der Waals surface area contributed by atoms with Crippen LogP contribution in [0, 0.1) is 5.92 Å². The Balaban J connectivity index is 1.46. The van der Waals surface area contributed by atoms with Crippen LogP contribution in [0.1, 0.15) is 61.8 Å². The van der Waals surface area contributed by atoms with Crippen LogP contribution < -0.4 is 10.6 Å². The molecule has 0 aliphatic carbocycles. The van der Waals surface area contributed by atoms with Crippen LogP contribution in [0.4, 0.5) is 11.4 Å². The molecule has 0 aliphatic heterocycles. The zero-order valence-electron chi connectivity index (χ0n) is 20.6. The number of aromatic nitrogens is 3. The number of nitrogens with zero attached hydrogens (tertiary/aromatic N) is 2. The van der Waals surface area contributed by atoms with Crippen molar-refractivity contribution in [2.75, 3.05) is 5.32 Å². The molecular formula is C29H33N5O. The Bertz CT molecular complexity index is 1290. The maximum absolute atomic E-state index is 13.0. The number of hydrogen-bond donors (Lipinski definition) is 3. The van der Waals surface area contributed by atoms with Crippen LogP contribution in [-0.4, -0.2) is 27.1 Å². The molecule has 2 aromatic heterocycles. The molecule has 0 spiro atoms. The fourth-order valence-electron chi connectivity index (χ4n) is 4.04.